The molecule has 0 spiro atoms. The highest BCUT2D eigenvalue weighted by Crippen LogP contribution is 2.29. The summed E-state index contributed by atoms with van der Waals surface area (Å²) in [6, 6.07) is 5.02. The van der Waals surface area contributed by atoms with Crippen molar-refractivity contribution in [3.63, 3.8) is 0 Å². The summed E-state index contributed by atoms with van der Waals surface area (Å²) in [6.45, 7) is 1.96. The number of benzene rings is 1. The highest BCUT2D eigenvalue weighted by atomic mass is 35.5. The summed E-state index contributed by atoms with van der Waals surface area (Å²) < 4.78 is 1.39. The Bertz CT molecular complexity index is 658. The van der Waals surface area contributed by atoms with E-state index in [1.807, 2.05) is 13.0 Å². The number of aromatic nitrogens is 3. The third-order valence-electron chi connectivity index (χ3n) is 3.24. The molecule has 1 heterocycles. The smallest absolute Gasteiger partial charge is 0.244 e. The van der Waals surface area contributed by atoms with Gasteiger partial charge in [-0.15, -0.1) is 5.10 Å². The van der Waals surface area contributed by atoms with E-state index in [0.29, 0.717) is 10.0 Å². The lowest BCUT2D eigenvalue weighted by Gasteiger charge is -2.26. The third-order valence-corrected chi connectivity index (χ3v) is 3.80. The number of nitrogen functional groups attached to an aromatic ring is 1. The van der Waals surface area contributed by atoms with Crippen molar-refractivity contribution >= 4 is 35.1 Å². The Labute approximate surface area is 132 Å². The molecule has 2 N–H and O–H groups in total. The molecule has 0 aliphatic carbocycles. The van der Waals surface area contributed by atoms with E-state index in [4.69, 9.17) is 28.9 Å². The minimum atomic E-state index is -0.192. The van der Waals surface area contributed by atoms with Gasteiger partial charge in [0.2, 0.25) is 11.9 Å². The molecule has 1 aromatic carbocycles. The number of hydrogen-bond acceptors (Lipinski definition) is 4. The average molecular weight is 328 g/mol. The Balaban J connectivity index is 2.10. The standard InChI is InChI=1S/C13H15Cl2N5O/c1-8(10-4-3-9(14)5-11(10)15)19(2)12(21)6-20-7-17-13(16)18-20/h3-5,7-8H,6H2,1-2H3,(H2,16,18). The van der Waals surface area contributed by atoms with Crippen LogP contribution in [0.15, 0.2) is 24.5 Å². The summed E-state index contributed by atoms with van der Waals surface area (Å²) in [5, 5.41) is 4.97. The molecule has 8 heteroatoms. The van der Waals surface area contributed by atoms with E-state index in [-0.39, 0.29) is 24.4 Å². The minimum absolute atomic E-state index is 0.0657. The molecule has 0 bridgehead atoms. The molecule has 6 nitrogen and oxygen atoms in total. The van der Waals surface area contributed by atoms with Gasteiger partial charge in [-0.2, -0.15) is 0 Å². The van der Waals surface area contributed by atoms with Gasteiger partial charge in [-0.1, -0.05) is 29.3 Å². The van der Waals surface area contributed by atoms with Gasteiger partial charge in [-0.05, 0) is 24.6 Å². The lowest BCUT2D eigenvalue weighted by atomic mass is 10.1. The first-order valence-corrected chi connectivity index (χ1v) is 6.99. The Morgan fingerprint density at radius 3 is 2.76 bits per heavy atom. The topological polar surface area (TPSA) is 77.0 Å². The van der Waals surface area contributed by atoms with E-state index in [9.17, 15) is 4.79 Å². The van der Waals surface area contributed by atoms with Crippen molar-refractivity contribution in [1.29, 1.82) is 0 Å². The van der Waals surface area contributed by atoms with E-state index in [0.717, 1.165) is 5.56 Å². The monoisotopic (exact) mass is 327 g/mol. The predicted octanol–water partition coefficient (Wildman–Crippen LogP) is 2.39. The molecule has 0 aliphatic heterocycles. The highest BCUT2D eigenvalue weighted by Gasteiger charge is 2.20. The van der Waals surface area contributed by atoms with Gasteiger partial charge in [0.15, 0.2) is 0 Å². The number of amides is 1. The van der Waals surface area contributed by atoms with Crippen LogP contribution in [0.2, 0.25) is 10.0 Å². The zero-order chi connectivity index (χ0) is 15.6. The van der Waals surface area contributed by atoms with Gasteiger partial charge in [-0.3, -0.25) is 4.79 Å². The van der Waals surface area contributed by atoms with E-state index in [1.54, 1.807) is 24.1 Å². The first kappa shape index (κ1) is 15.6. The molecule has 1 atom stereocenters. The third kappa shape index (κ3) is 3.65. The van der Waals surface area contributed by atoms with Crippen molar-refractivity contribution in [3.8, 4) is 0 Å². The maximum Gasteiger partial charge on any atom is 0.244 e. The van der Waals surface area contributed by atoms with Crippen LogP contribution in [-0.2, 0) is 11.3 Å². The molecule has 0 saturated carbocycles. The molecule has 1 aromatic heterocycles. The fourth-order valence-corrected chi connectivity index (χ4v) is 2.47. The fourth-order valence-electron chi connectivity index (χ4n) is 1.90. The Hall–Kier alpha value is -1.79. The first-order valence-electron chi connectivity index (χ1n) is 6.24. The summed E-state index contributed by atoms with van der Waals surface area (Å²) >= 11 is 12.0. The van der Waals surface area contributed by atoms with E-state index in [1.165, 1.54) is 11.0 Å². The molecule has 2 rings (SSSR count). The molecular formula is C13H15Cl2N5O. The summed E-state index contributed by atoms with van der Waals surface area (Å²) in [5.41, 5.74) is 6.25. The largest absolute Gasteiger partial charge is 0.367 e. The summed E-state index contributed by atoms with van der Waals surface area (Å²) in [6.07, 6.45) is 1.42. The number of anilines is 1. The second-order valence-corrected chi connectivity index (χ2v) is 5.49. The molecule has 112 valence electrons. The zero-order valence-electron chi connectivity index (χ0n) is 11.6. The first-order chi connectivity index (χ1) is 9.88. The van der Waals surface area contributed by atoms with Crippen molar-refractivity contribution in [2.45, 2.75) is 19.5 Å². The van der Waals surface area contributed by atoms with E-state index >= 15 is 0 Å². The number of nitrogens with zero attached hydrogens (tertiary/aromatic N) is 4. The second kappa shape index (κ2) is 6.32. The SMILES string of the molecule is CC(c1ccc(Cl)cc1Cl)N(C)C(=O)Cn1cnc(N)n1. The average Bonchev–Trinajstić information content (AvgIpc) is 2.82. The number of likely N-dealkylation sites (N-methyl/N-ethyl adjacent to an activating group) is 1. The quantitative estimate of drug-likeness (QED) is 0.935. The number of carbonyl (C=O) groups excluding carboxylic acids is 1. The van der Waals surface area contributed by atoms with Crippen LogP contribution in [0.5, 0.6) is 0 Å². The molecule has 2 aromatic rings. The van der Waals surface area contributed by atoms with Crippen LogP contribution in [0, 0.1) is 0 Å². The lowest BCUT2D eigenvalue weighted by molar-refractivity contribution is -0.132. The molecule has 1 amide bonds. The van der Waals surface area contributed by atoms with Gasteiger partial charge in [0.05, 0.1) is 6.04 Å². The number of rotatable bonds is 4. The molecule has 1 unspecified atom stereocenters. The van der Waals surface area contributed by atoms with Gasteiger partial charge in [0.1, 0.15) is 12.9 Å². The van der Waals surface area contributed by atoms with Gasteiger partial charge < -0.3 is 10.6 Å². The Morgan fingerprint density at radius 1 is 1.48 bits per heavy atom. The van der Waals surface area contributed by atoms with Crippen molar-refractivity contribution in [2.24, 2.45) is 0 Å². The van der Waals surface area contributed by atoms with Crippen LogP contribution in [0.3, 0.4) is 0 Å². The molecule has 0 radical (unpaired) electrons. The number of hydrogen-bond donors (Lipinski definition) is 1. The lowest BCUT2D eigenvalue weighted by Crippen LogP contribution is -2.32. The van der Waals surface area contributed by atoms with Gasteiger partial charge in [-0.25, -0.2) is 9.67 Å². The van der Waals surface area contributed by atoms with Gasteiger partial charge in [0.25, 0.3) is 0 Å². The van der Waals surface area contributed by atoms with Crippen LogP contribution >= 0.6 is 23.2 Å². The predicted molar refractivity (Wildman–Crippen MR) is 82.1 cm³/mol. The minimum Gasteiger partial charge on any atom is -0.367 e. The maximum atomic E-state index is 12.2. The van der Waals surface area contributed by atoms with Crippen LogP contribution < -0.4 is 5.73 Å². The van der Waals surface area contributed by atoms with Crippen molar-refractivity contribution < 1.29 is 4.79 Å². The van der Waals surface area contributed by atoms with Crippen molar-refractivity contribution in [3.05, 3.63) is 40.1 Å². The van der Waals surface area contributed by atoms with E-state index < -0.39 is 0 Å². The highest BCUT2D eigenvalue weighted by molar-refractivity contribution is 6.35. The van der Waals surface area contributed by atoms with Crippen molar-refractivity contribution in [1.82, 2.24) is 19.7 Å². The molecular weight excluding hydrogens is 313 g/mol. The van der Waals surface area contributed by atoms with Gasteiger partial charge >= 0.3 is 0 Å². The number of halogens is 2. The normalized spacial score (nSPS) is 12.2. The fraction of sp³-hybridized carbons (Fsp3) is 0.308. The van der Waals surface area contributed by atoms with Crippen LogP contribution in [-0.4, -0.2) is 32.6 Å². The summed E-state index contributed by atoms with van der Waals surface area (Å²) in [5.74, 6) is 0.0117. The van der Waals surface area contributed by atoms with E-state index in [2.05, 4.69) is 10.1 Å². The van der Waals surface area contributed by atoms with Crippen LogP contribution in [0.25, 0.3) is 0 Å². The van der Waals surface area contributed by atoms with Crippen molar-refractivity contribution in [2.75, 3.05) is 12.8 Å². The molecule has 0 fully saturated rings. The molecule has 0 aliphatic rings. The zero-order valence-corrected chi connectivity index (χ0v) is 13.1. The summed E-state index contributed by atoms with van der Waals surface area (Å²) in [7, 11) is 1.71. The van der Waals surface area contributed by atoms with Crippen LogP contribution in [0.4, 0.5) is 5.95 Å². The van der Waals surface area contributed by atoms with Crippen LogP contribution in [0.1, 0.15) is 18.5 Å². The molecule has 0 saturated heterocycles. The number of nitrogens with two attached hydrogens (primary N) is 1. The number of carbonyl (C=O) groups is 1. The second-order valence-electron chi connectivity index (χ2n) is 4.65. The Kier molecular flexibility index (Phi) is 4.69. The summed E-state index contributed by atoms with van der Waals surface area (Å²) in [4.78, 5) is 17.6. The maximum absolute atomic E-state index is 12.2. The Morgan fingerprint density at radius 2 is 2.19 bits per heavy atom. The van der Waals surface area contributed by atoms with Gasteiger partial charge in [0, 0.05) is 17.1 Å². The molecule has 21 heavy (non-hydrogen) atoms.